The summed E-state index contributed by atoms with van der Waals surface area (Å²) in [5, 5.41) is 9.75. The fraction of sp³-hybridized carbons (Fsp3) is 0.500. The fourth-order valence-electron chi connectivity index (χ4n) is 2.06. The van der Waals surface area contributed by atoms with E-state index in [1.807, 2.05) is 19.9 Å². The number of hydrogen-bond donors (Lipinski definition) is 1. The third-order valence-corrected chi connectivity index (χ3v) is 2.92. The van der Waals surface area contributed by atoms with Gasteiger partial charge in [0.15, 0.2) is 0 Å². The molecule has 2 rings (SSSR count). The number of phenols is 1. The average molecular weight is 208 g/mol. The summed E-state index contributed by atoms with van der Waals surface area (Å²) in [6, 6.07) is 1.83. The van der Waals surface area contributed by atoms with Gasteiger partial charge in [0, 0.05) is 11.1 Å². The Balaban J connectivity index is 2.55. The highest BCUT2D eigenvalue weighted by Gasteiger charge is 2.22. The molecule has 1 unspecified atom stereocenters. The summed E-state index contributed by atoms with van der Waals surface area (Å²) in [6.07, 6.45) is 1.05. The van der Waals surface area contributed by atoms with Crippen molar-refractivity contribution >= 4 is 0 Å². The minimum absolute atomic E-state index is 0.212. The van der Waals surface area contributed by atoms with Crippen LogP contribution in [0.15, 0.2) is 6.07 Å². The van der Waals surface area contributed by atoms with Crippen LogP contribution in [0.5, 0.6) is 11.5 Å². The molecule has 1 heterocycles. The van der Waals surface area contributed by atoms with Gasteiger partial charge < -0.3 is 14.6 Å². The predicted molar refractivity (Wildman–Crippen MR) is 57.4 cm³/mol. The summed E-state index contributed by atoms with van der Waals surface area (Å²) in [5.41, 5.74) is 2.99. The highest BCUT2D eigenvalue weighted by Crippen LogP contribution is 2.37. The minimum atomic E-state index is 0.212. The molecular weight excluding hydrogens is 192 g/mol. The first-order valence-electron chi connectivity index (χ1n) is 5.13. The summed E-state index contributed by atoms with van der Waals surface area (Å²) >= 11 is 0. The van der Waals surface area contributed by atoms with E-state index in [2.05, 4.69) is 0 Å². The quantitative estimate of drug-likeness (QED) is 0.768. The lowest BCUT2D eigenvalue weighted by Crippen LogP contribution is -2.19. The zero-order chi connectivity index (χ0) is 11.0. The molecule has 3 nitrogen and oxygen atoms in total. The molecule has 0 fully saturated rings. The molecular formula is C12H16O3. The molecule has 3 heteroatoms. The van der Waals surface area contributed by atoms with E-state index in [0.29, 0.717) is 12.4 Å². The number of aromatic hydroxyl groups is 1. The van der Waals surface area contributed by atoms with Crippen molar-refractivity contribution in [1.82, 2.24) is 0 Å². The Morgan fingerprint density at radius 2 is 2.27 bits per heavy atom. The highest BCUT2D eigenvalue weighted by atomic mass is 16.5. The van der Waals surface area contributed by atoms with Crippen LogP contribution in [-0.2, 0) is 17.8 Å². The number of phenolic OH excluding ortho intramolecular Hbond substituents is 1. The second kappa shape index (κ2) is 3.74. The van der Waals surface area contributed by atoms with Gasteiger partial charge in [0.1, 0.15) is 11.5 Å². The first-order valence-corrected chi connectivity index (χ1v) is 5.13. The first kappa shape index (κ1) is 10.3. The number of methoxy groups -OCH3 is 1. The van der Waals surface area contributed by atoms with Crippen LogP contribution >= 0.6 is 0 Å². The van der Waals surface area contributed by atoms with Crippen LogP contribution in [-0.4, -0.2) is 18.3 Å². The van der Waals surface area contributed by atoms with Crippen LogP contribution in [0.1, 0.15) is 23.6 Å². The van der Waals surface area contributed by atoms with E-state index in [0.717, 1.165) is 28.9 Å². The summed E-state index contributed by atoms with van der Waals surface area (Å²) in [7, 11) is 1.63. The lowest BCUT2D eigenvalue weighted by Gasteiger charge is -2.25. The second-order valence-electron chi connectivity index (χ2n) is 4.02. The third-order valence-electron chi connectivity index (χ3n) is 2.92. The Kier molecular flexibility index (Phi) is 2.57. The Hall–Kier alpha value is -1.22. The molecule has 0 aliphatic carbocycles. The molecule has 0 spiro atoms. The number of benzene rings is 1. The van der Waals surface area contributed by atoms with Gasteiger partial charge in [-0.05, 0) is 31.9 Å². The fourth-order valence-corrected chi connectivity index (χ4v) is 2.06. The van der Waals surface area contributed by atoms with Gasteiger partial charge in [0.25, 0.3) is 0 Å². The number of ether oxygens (including phenoxy) is 2. The van der Waals surface area contributed by atoms with Crippen molar-refractivity contribution in [3.63, 3.8) is 0 Å². The normalized spacial score (nSPS) is 19.8. The smallest absolute Gasteiger partial charge is 0.131 e. The van der Waals surface area contributed by atoms with E-state index in [9.17, 15) is 5.11 Å². The molecule has 1 aromatic rings. The average Bonchev–Trinajstić information content (AvgIpc) is 2.20. The van der Waals surface area contributed by atoms with Crippen molar-refractivity contribution in [1.29, 1.82) is 0 Å². The Labute approximate surface area is 89.6 Å². The van der Waals surface area contributed by atoms with Gasteiger partial charge in [-0.25, -0.2) is 0 Å². The zero-order valence-electron chi connectivity index (χ0n) is 9.33. The highest BCUT2D eigenvalue weighted by molar-refractivity contribution is 5.53. The van der Waals surface area contributed by atoms with E-state index in [-0.39, 0.29) is 6.10 Å². The zero-order valence-corrected chi connectivity index (χ0v) is 9.33. The summed E-state index contributed by atoms with van der Waals surface area (Å²) in [6.45, 7) is 4.46. The molecule has 0 amide bonds. The SMILES string of the molecule is COc1c(C)c(O)cc2c1COC(C)C2. The molecule has 1 aliphatic heterocycles. The summed E-state index contributed by atoms with van der Waals surface area (Å²) < 4.78 is 10.9. The molecule has 1 N–H and O–H groups in total. The van der Waals surface area contributed by atoms with Gasteiger partial charge >= 0.3 is 0 Å². The van der Waals surface area contributed by atoms with Gasteiger partial charge in [-0.2, -0.15) is 0 Å². The monoisotopic (exact) mass is 208 g/mol. The maximum absolute atomic E-state index is 9.75. The van der Waals surface area contributed by atoms with Crippen molar-refractivity contribution in [2.45, 2.75) is 33.0 Å². The molecule has 1 aliphatic rings. The topological polar surface area (TPSA) is 38.7 Å². The predicted octanol–water partition coefficient (Wildman–Crippen LogP) is 2.17. The van der Waals surface area contributed by atoms with Crippen LogP contribution in [0, 0.1) is 6.92 Å². The van der Waals surface area contributed by atoms with Crippen LogP contribution in [0.3, 0.4) is 0 Å². The maximum atomic E-state index is 9.75. The number of hydrogen-bond acceptors (Lipinski definition) is 3. The van der Waals surface area contributed by atoms with Crippen molar-refractivity contribution in [2.75, 3.05) is 7.11 Å². The largest absolute Gasteiger partial charge is 0.508 e. The molecule has 15 heavy (non-hydrogen) atoms. The second-order valence-corrected chi connectivity index (χ2v) is 4.02. The molecule has 82 valence electrons. The van der Waals surface area contributed by atoms with E-state index >= 15 is 0 Å². The standard InChI is InChI=1S/C12H16O3/c1-7-4-9-5-11(13)8(2)12(14-3)10(9)6-15-7/h5,7,13H,4,6H2,1-3H3. The van der Waals surface area contributed by atoms with Crippen LogP contribution < -0.4 is 4.74 Å². The van der Waals surface area contributed by atoms with E-state index < -0.39 is 0 Å². The molecule has 1 aromatic carbocycles. The van der Waals surface area contributed by atoms with Crippen molar-refractivity contribution in [2.24, 2.45) is 0 Å². The van der Waals surface area contributed by atoms with Crippen molar-refractivity contribution in [3.8, 4) is 11.5 Å². The number of fused-ring (bicyclic) bond motifs is 1. The number of rotatable bonds is 1. The van der Waals surface area contributed by atoms with Crippen LogP contribution in [0.2, 0.25) is 0 Å². The van der Waals surface area contributed by atoms with Crippen LogP contribution in [0.25, 0.3) is 0 Å². The minimum Gasteiger partial charge on any atom is -0.508 e. The van der Waals surface area contributed by atoms with Crippen molar-refractivity contribution in [3.05, 3.63) is 22.8 Å². The third kappa shape index (κ3) is 1.67. The van der Waals surface area contributed by atoms with E-state index in [1.165, 1.54) is 0 Å². The van der Waals surface area contributed by atoms with Gasteiger partial charge in [0.05, 0.1) is 19.8 Å². The summed E-state index contributed by atoms with van der Waals surface area (Å²) in [5.74, 6) is 1.07. The lowest BCUT2D eigenvalue weighted by molar-refractivity contribution is 0.0394. The molecule has 0 bridgehead atoms. The summed E-state index contributed by atoms with van der Waals surface area (Å²) in [4.78, 5) is 0. The maximum Gasteiger partial charge on any atom is 0.131 e. The Morgan fingerprint density at radius 3 is 2.93 bits per heavy atom. The van der Waals surface area contributed by atoms with Gasteiger partial charge in [-0.3, -0.25) is 0 Å². The molecule has 0 aromatic heterocycles. The van der Waals surface area contributed by atoms with Crippen LogP contribution in [0.4, 0.5) is 0 Å². The Bertz CT molecular complexity index is 385. The van der Waals surface area contributed by atoms with Gasteiger partial charge in [-0.15, -0.1) is 0 Å². The molecule has 0 saturated carbocycles. The first-order chi connectivity index (χ1) is 7.13. The van der Waals surface area contributed by atoms with Gasteiger partial charge in [-0.1, -0.05) is 0 Å². The van der Waals surface area contributed by atoms with Gasteiger partial charge in [0.2, 0.25) is 0 Å². The van der Waals surface area contributed by atoms with E-state index in [4.69, 9.17) is 9.47 Å². The molecule has 0 saturated heterocycles. The van der Waals surface area contributed by atoms with Crippen molar-refractivity contribution < 1.29 is 14.6 Å². The molecule has 1 atom stereocenters. The molecule has 0 radical (unpaired) electrons. The lowest BCUT2D eigenvalue weighted by atomic mass is 9.96. The Morgan fingerprint density at radius 1 is 1.53 bits per heavy atom. The van der Waals surface area contributed by atoms with E-state index in [1.54, 1.807) is 7.11 Å².